The second-order valence-corrected chi connectivity index (χ2v) is 6.70. The number of carbonyl (C=O) groups excluding carboxylic acids is 4. The van der Waals surface area contributed by atoms with E-state index in [1.54, 1.807) is 36.6 Å². The van der Waals surface area contributed by atoms with Crippen LogP contribution >= 0.6 is 34.4 Å². The molecule has 9 heteroatoms. The smallest absolute Gasteiger partial charge is 0.237 e. The third-order valence-corrected chi connectivity index (χ3v) is 4.78. The maximum absolute atomic E-state index is 12.1. The van der Waals surface area contributed by atoms with Crippen LogP contribution in [-0.4, -0.2) is 57.7 Å². The first-order valence-electron chi connectivity index (χ1n) is 6.78. The van der Waals surface area contributed by atoms with Gasteiger partial charge in [0.1, 0.15) is 12.3 Å². The number of amides is 1. The van der Waals surface area contributed by atoms with E-state index in [4.69, 9.17) is 5.11 Å². The van der Waals surface area contributed by atoms with Crippen molar-refractivity contribution >= 4 is 55.5 Å². The van der Waals surface area contributed by atoms with Crippen molar-refractivity contribution in [2.75, 3.05) is 19.4 Å². The first-order valence-corrected chi connectivity index (χ1v) is 8.84. The van der Waals surface area contributed by atoms with E-state index in [9.17, 15) is 19.2 Å². The van der Waals surface area contributed by atoms with E-state index in [0.29, 0.717) is 12.7 Å². The molecular formula is C13H21IN2O5S. The van der Waals surface area contributed by atoms with Crippen LogP contribution < -0.4 is 10.6 Å². The zero-order valence-electron chi connectivity index (χ0n) is 12.5. The number of hydrogen-bond donors (Lipinski definition) is 3. The van der Waals surface area contributed by atoms with E-state index in [-0.39, 0.29) is 27.7 Å². The Kier molecular flexibility index (Phi) is 11.7. The van der Waals surface area contributed by atoms with Gasteiger partial charge in [0, 0.05) is 40.7 Å². The van der Waals surface area contributed by atoms with Crippen LogP contribution in [0.2, 0.25) is 0 Å². The van der Waals surface area contributed by atoms with Crippen molar-refractivity contribution in [1.82, 2.24) is 10.6 Å². The maximum Gasteiger partial charge on any atom is 0.237 e. The molecule has 0 aliphatic carbocycles. The quantitative estimate of drug-likeness (QED) is 0.232. The third-order valence-electron chi connectivity index (χ3n) is 2.92. The zero-order valence-corrected chi connectivity index (χ0v) is 15.5. The number of halogens is 1. The average molecular weight is 444 g/mol. The predicted octanol–water partition coefficient (Wildman–Crippen LogP) is -0.112. The number of thioether (sulfide) groups is 1. The summed E-state index contributed by atoms with van der Waals surface area (Å²) in [5, 5.41) is 14.3. The Bertz CT molecular complexity index is 408. The van der Waals surface area contributed by atoms with Crippen LogP contribution in [0.15, 0.2) is 0 Å². The Hall–Kier alpha value is -0.520. The summed E-state index contributed by atoms with van der Waals surface area (Å²) in [6.07, 6.45) is 1.08. The molecule has 0 aliphatic rings. The van der Waals surface area contributed by atoms with Crippen LogP contribution in [0.1, 0.15) is 19.8 Å². The van der Waals surface area contributed by atoms with Gasteiger partial charge in [0.25, 0.3) is 0 Å². The summed E-state index contributed by atoms with van der Waals surface area (Å²) in [4.78, 5) is 45.7. The molecule has 0 fully saturated rings. The molecule has 7 nitrogen and oxygen atoms in total. The van der Waals surface area contributed by atoms with Gasteiger partial charge in [0.05, 0.1) is 12.6 Å². The lowest BCUT2D eigenvalue weighted by atomic mass is 10.0. The molecule has 0 heterocycles. The highest BCUT2D eigenvalue weighted by Crippen LogP contribution is 2.11. The topological polar surface area (TPSA) is 113 Å². The third kappa shape index (κ3) is 8.20. The Labute approximate surface area is 147 Å². The van der Waals surface area contributed by atoms with Gasteiger partial charge in [-0.3, -0.25) is 14.4 Å². The lowest BCUT2D eigenvalue weighted by Crippen LogP contribution is -2.50. The van der Waals surface area contributed by atoms with Gasteiger partial charge in [-0.2, -0.15) is 0 Å². The summed E-state index contributed by atoms with van der Waals surface area (Å²) < 4.78 is -0.272. The Balaban J connectivity index is 4.67. The molecule has 3 N–H and O–H groups in total. The van der Waals surface area contributed by atoms with Crippen LogP contribution in [0.3, 0.4) is 0 Å². The molecule has 0 aromatic heterocycles. The molecule has 0 saturated heterocycles. The molecule has 3 atom stereocenters. The number of likely N-dealkylation sites (N-methyl/N-ethyl adjacent to an activating group) is 1. The van der Waals surface area contributed by atoms with Gasteiger partial charge >= 0.3 is 0 Å². The Morgan fingerprint density at radius 3 is 2.36 bits per heavy atom. The van der Waals surface area contributed by atoms with E-state index in [0.717, 1.165) is 11.8 Å². The molecule has 0 aliphatic heterocycles. The highest BCUT2D eigenvalue weighted by Gasteiger charge is 2.26. The number of rotatable bonds is 11. The normalized spacial score (nSPS) is 14.7. The van der Waals surface area contributed by atoms with Crippen molar-refractivity contribution in [3.05, 3.63) is 0 Å². The van der Waals surface area contributed by atoms with Crippen molar-refractivity contribution < 1.29 is 24.3 Å². The molecule has 126 valence electrons. The summed E-state index contributed by atoms with van der Waals surface area (Å²) >= 11 is 2.58. The van der Waals surface area contributed by atoms with E-state index in [1.165, 1.54) is 0 Å². The van der Waals surface area contributed by atoms with Crippen molar-refractivity contribution in [1.29, 1.82) is 0 Å². The summed E-state index contributed by atoms with van der Waals surface area (Å²) in [6.45, 7) is 1.38. The summed E-state index contributed by atoms with van der Waals surface area (Å²) in [5.41, 5.74) is 0. The number of hydrogen-bond acceptors (Lipinski definition) is 7. The highest BCUT2D eigenvalue weighted by atomic mass is 127. The molecule has 0 spiro atoms. The molecule has 0 radical (unpaired) electrons. The van der Waals surface area contributed by atoms with E-state index >= 15 is 0 Å². The van der Waals surface area contributed by atoms with Gasteiger partial charge in [-0.25, -0.2) is 0 Å². The van der Waals surface area contributed by atoms with E-state index < -0.39 is 23.9 Å². The lowest BCUT2D eigenvalue weighted by Gasteiger charge is -2.21. The summed E-state index contributed by atoms with van der Waals surface area (Å²) in [5.74, 6) is -0.913. The fourth-order valence-corrected chi connectivity index (χ4v) is 3.01. The minimum absolute atomic E-state index is 0.0524. The Morgan fingerprint density at radius 2 is 1.95 bits per heavy atom. The SMILES string of the molecule is CCC(=O)SC[C@H](NC(=O)[C@H](CC(C=O)CO)NC)C(=O)I. The standard InChI is InChI=1S/C13H21IN2O5S/c1-3-11(19)22-7-10(12(14)20)16-13(21)9(15-2)4-8(5-17)6-18/h5,8-10,15,18H,3-4,6-7H2,1-2H3,(H,16,21)/t8?,9-,10-/m0/s1. The number of aliphatic hydroxyl groups is 1. The first-order chi connectivity index (χ1) is 10.4. The van der Waals surface area contributed by atoms with Crippen LogP contribution in [0.5, 0.6) is 0 Å². The lowest BCUT2D eigenvalue weighted by molar-refractivity contribution is -0.126. The van der Waals surface area contributed by atoms with Crippen LogP contribution in [-0.2, 0) is 19.2 Å². The van der Waals surface area contributed by atoms with Crippen molar-refractivity contribution in [2.24, 2.45) is 5.92 Å². The van der Waals surface area contributed by atoms with E-state index in [1.807, 2.05) is 0 Å². The fourth-order valence-electron chi connectivity index (χ4n) is 1.55. The number of aliphatic hydroxyl groups excluding tert-OH is 1. The summed E-state index contributed by atoms with van der Waals surface area (Å²) in [7, 11) is 1.56. The first kappa shape index (κ1) is 21.5. The Morgan fingerprint density at radius 1 is 1.32 bits per heavy atom. The predicted molar refractivity (Wildman–Crippen MR) is 92.8 cm³/mol. The van der Waals surface area contributed by atoms with Gasteiger partial charge < -0.3 is 20.5 Å². The second kappa shape index (κ2) is 12.0. The van der Waals surface area contributed by atoms with E-state index in [2.05, 4.69) is 10.6 Å². The van der Waals surface area contributed by atoms with Crippen molar-refractivity contribution in [3.8, 4) is 0 Å². The molecule has 0 saturated carbocycles. The van der Waals surface area contributed by atoms with Gasteiger partial charge in [-0.1, -0.05) is 18.7 Å². The molecule has 0 aromatic rings. The molecule has 0 aromatic carbocycles. The minimum atomic E-state index is -0.770. The van der Waals surface area contributed by atoms with Gasteiger partial charge in [-0.05, 0) is 13.5 Å². The zero-order chi connectivity index (χ0) is 17.1. The average Bonchev–Trinajstić information content (AvgIpc) is 2.51. The number of aldehydes is 1. The summed E-state index contributed by atoms with van der Waals surface area (Å²) in [6, 6.07) is -1.47. The van der Waals surface area contributed by atoms with Crippen LogP contribution in [0.4, 0.5) is 0 Å². The van der Waals surface area contributed by atoms with Crippen LogP contribution in [0, 0.1) is 5.92 Å². The van der Waals surface area contributed by atoms with Gasteiger partial charge in [0.2, 0.25) is 9.70 Å². The molecule has 1 unspecified atom stereocenters. The van der Waals surface area contributed by atoms with Gasteiger partial charge in [-0.15, -0.1) is 0 Å². The largest absolute Gasteiger partial charge is 0.396 e. The second-order valence-electron chi connectivity index (χ2n) is 4.56. The monoisotopic (exact) mass is 444 g/mol. The van der Waals surface area contributed by atoms with Crippen LogP contribution in [0.25, 0.3) is 0 Å². The molecule has 22 heavy (non-hydrogen) atoms. The maximum atomic E-state index is 12.1. The molecular weight excluding hydrogens is 423 g/mol. The van der Waals surface area contributed by atoms with Crippen molar-refractivity contribution in [2.45, 2.75) is 31.8 Å². The number of carbonyl (C=O) groups is 4. The fraction of sp³-hybridized carbons (Fsp3) is 0.692. The number of nitrogens with one attached hydrogen (secondary N) is 2. The highest BCUT2D eigenvalue weighted by molar-refractivity contribution is 14.1. The minimum Gasteiger partial charge on any atom is -0.396 e. The molecule has 0 bridgehead atoms. The van der Waals surface area contributed by atoms with Gasteiger partial charge in [0.15, 0.2) is 5.12 Å². The van der Waals surface area contributed by atoms with Crippen molar-refractivity contribution in [3.63, 3.8) is 0 Å². The molecule has 0 rings (SSSR count). The molecule has 1 amide bonds.